The Balaban J connectivity index is 1.46. The lowest BCUT2D eigenvalue weighted by Crippen LogP contribution is -2.52. The van der Waals surface area contributed by atoms with E-state index in [1.165, 1.54) is 23.5 Å². The van der Waals surface area contributed by atoms with Crippen LogP contribution >= 0.6 is 0 Å². The average Bonchev–Trinajstić information content (AvgIpc) is 3.26. The van der Waals surface area contributed by atoms with Gasteiger partial charge in [0.25, 0.3) is 5.91 Å². The monoisotopic (exact) mass is 491 g/mol. The molecule has 0 fully saturated rings. The van der Waals surface area contributed by atoms with Crippen LogP contribution in [0.1, 0.15) is 16.8 Å². The minimum Gasteiger partial charge on any atom is -0.497 e. The number of fused-ring (bicyclic) bond motifs is 3. The van der Waals surface area contributed by atoms with Crippen LogP contribution in [0.4, 0.5) is 0 Å². The number of amides is 1. The second-order valence-electron chi connectivity index (χ2n) is 8.31. The van der Waals surface area contributed by atoms with Crippen molar-refractivity contribution < 1.29 is 22.8 Å². The third-order valence-corrected chi connectivity index (χ3v) is 8.05. The van der Waals surface area contributed by atoms with E-state index in [0.29, 0.717) is 5.75 Å². The van der Waals surface area contributed by atoms with Gasteiger partial charge in [0.15, 0.2) is 0 Å². The Labute approximate surface area is 203 Å². The fraction of sp³-hybridized carbons (Fsp3) is 0.192. The van der Waals surface area contributed by atoms with Crippen molar-refractivity contribution in [3.05, 3.63) is 95.7 Å². The van der Waals surface area contributed by atoms with Crippen LogP contribution in [-0.4, -0.2) is 36.8 Å². The molecule has 2 N–H and O–H groups in total. The number of para-hydroxylation sites is 1. The fourth-order valence-electron chi connectivity index (χ4n) is 4.38. The van der Waals surface area contributed by atoms with Gasteiger partial charge in [-0.15, -0.1) is 0 Å². The zero-order chi connectivity index (χ0) is 24.4. The summed E-state index contributed by atoms with van der Waals surface area (Å²) in [5.74, 6) is 0.0260. The van der Waals surface area contributed by atoms with E-state index in [-0.39, 0.29) is 24.5 Å². The maximum Gasteiger partial charge on any atom is 0.262 e. The van der Waals surface area contributed by atoms with Gasteiger partial charge in [-0.1, -0.05) is 48.5 Å². The van der Waals surface area contributed by atoms with Crippen LogP contribution in [0, 0.1) is 0 Å². The highest BCUT2D eigenvalue weighted by atomic mass is 32.2. The number of nitrogens with one attached hydrogen (secondary N) is 2. The number of benzene rings is 3. The van der Waals surface area contributed by atoms with Crippen LogP contribution in [0.25, 0.3) is 10.9 Å². The first kappa shape index (κ1) is 23.1. The molecule has 180 valence electrons. The zero-order valence-corrected chi connectivity index (χ0v) is 19.9. The fourth-order valence-corrected chi connectivity index (χ4v) is 5.93. The molecule has 1 aliphatic heterocycles. The molecule has 0 spiro atoms. The van der Waals surface area contributed by atoms with Gasteiger partial charge in [-0.2, -0.15) is 4.31 Å². The quantitative estimate of drug-likeness (QED) is 0.385. The zero-order valence-electron chi connectivity index (χ0n) is 19.1. The minimum absolute atomic E-state index is 0.0369. The third-order valence-electron chi connectivity index (χ3n) is 6.18. The van der Waals surface area contributed by atoms with E-state index in [1.807, 2.05) is 54.6 Å². The van der Waals surface area contributed by atoms with Gasteiger partial charge in [0.1, 0.15) is 11.8 Å². The third kappa shape index (κ3) is 4.53. The number of ether oxygens (including phenoxy) is 1. The average molecular weight is 492 g/mol. The number of H-pyrrole nitrogens is 1. The standard InChI is InChI=1S/C26H25N3O5S/c1-33-19-11-13-20(14-12-19)35(31,32)29-16-24-22(21-9-5-6-10-23(21)27-24)15-25(29)26(30)28-34-17-18-7-3-2-4-8-18/h2-14,25,27H,15-17H2,1H3,(H,28,30)/t25-/m0/s1. The van der Waals surface area contributed by atoms with Gasteiger partial charge in [0.05, 0.1) is 25.2 Å². The van der Waals surface area contributed by atoms with Crippen LogP contribution < -0.4 is 10.2 Å². The first-order valence-corrected chi connectivity index (χ1v) is 12.6. The Hall–Kier alpha value is -3.66. The summed E-state index contributed by atoms with van der Waals surface area (Å²) in [6, 6.07) is 22.3. The van der Waals surface area contributed by atoms with Gasteiger partial charge in [0.2, 0.25) is 10.0 Å². The molecule has 0 aliphatic carbocycles. The first-order chi connectivity index (χ1) is 17.0. The summed E-state index contributed by atoms with van der Waals surface area (Å²) < 4.78 is 33.7. The molecule has 0 radical (unpaired) electrons. The molecule has 4 aromatic rings. The Bertz CT molecular complexity index is 1450. The van der Waals surface area contributed by atoms with E-state index in [0.717, 1.165) is 27.7 Å². The molecular formula is C26H25N3O5S. The molecule has 1 aromatic heterocycles. The van der Waals surface area contributed by atoms with E-state index in [2.05, 4.69) is 10.5 Å². The lowest BCUT2D eigenvalue weighted by Gasteiger charge is -2.33. The molecule has 35 heavy (non-hydrogen) atoms. The molecule has 0 saturated heterocycles. The predicted octanol–water partition coefficient (Wildman–Crippen LogP) is 3.54. The lowest BCUT2D eigenvalue weighted by molar-refractivity contribution is -0.139. The lowest BCUT2D eigenvalue weighted by atomic mass is 9.98. The number of hydroxylamine groups is 1. The molecule has 2 heterocycles. The number of sulfonamides is 1. The molecule has 5 rings (SSSR count). The molecule has 3 aromatic carbocycles. The summed E-state index contributed by atoms with van der Waals surface area (Å²) >= 11 is 0. The Morgan fingerprint density at radius 1 is 1.03 bits per heavy atom. The second kappa shape index (κ2) is 9.53. The van der Waals surface area contributed by atoms with Crippen molar-refractivity contribution in [2.45, 2.75) is 30.5 Å². The van der Waals surface area contributed by atoms with Crippen molar-refractivity contribution in [3.8, 4) is 5.75 Å². The number of aromatic nitrogens is 1. The number of nitrogens with zero attached hydrogens (tertiary/aromatic N) is 1. The van der Waals surface area contributed by atoms with Crippen LogP contribution in [0.15, 0.2) is 83.8 Å². The Kier molecular flexibility index (Phi) is 6.29. The van der Waals surface area contributed by atoms with Crippen molar-refractivity contribution in [1.29, 1.82) is 0 Å². The SMILES string of the molecule is COc1ccc(S(=O)(=O)N2Cc3[nH]c4ccccc4c3C[C@H]2C(=O)NOCc2ccccc2)cc1. The van der Waals surface area contributed by atoms with Gasteiger partial charge in [-0.3, -0.25) is 9.63 Å². The van der Waals surface area contributed by atoms with Gasteiger partial charge in [0, 0.05) is 23.0 Å². The molecular weight excluding hydrogens is 466 g/mol. The van der Waals surface area contributed by atoms with Crippen LogP contribution in [0.3, 0.4) is 0 Å². The summed E-state index contributed by atoms with van der Waals surface area (Å²) in [5, 5.41) is 0.979. The molecule has 9 heteroatoms. The van der Waals surface area contributed by atoms with Crippen molar-refractivity contribution >= 4 is 26.8 Å². The van der Waals surface area contributed by atoms with E-state index >= 15 is 0 Å². The van der Waals surface area contributed by atoms with E-state index in [4.69, 9.17) is 9.57 Å². The molecule has 1 amide bonds. The Morgan fingerprint density at radius 3 is 2.49 bits per heavy atom. The van der Waals surface area contributed by atoms with Crippen molar-refractivity contribution in [2.75, 3.05) is 7.11 Å². The first-order valence-electron chi connectivity index (χ1n) is 11.2. The number of hydrogen-bond donors (Lipinski definition) is 2. The predicted molar refractivity (Wildman–Crippen MR) is 131 cm³/mol. The minimum atomic E-state index is -4.00. The van der Waals surface area contributed by atoms with E-state index < -0.39 is 22.0 Å². The molecule has 8 nitrogen and oxygen atoms in total. The number of rotatable bonds is 7. The second-order valence-corrected chi connectivity index (χ2v) is 10.2. The highest BCUT2D eigenvalue weighted by molar-refractivity contribution is 7.89. The highest BCUT2D eigenvalue weighted by Crippen LogP contribution is 2.34. The number of aromatic amines is 1. The van der Waals surface area contributed by atoms with Crippen molar-refractivity contribution in [3.63, 3.8) is 0 Å². The normalized spacial score (nSPS) is 16.1. The van der Waals surface area contributed by atoms with Gasteiger partial charge < -0.3 is 9.72 Å². The molecule has 0 unspecified atom stereocenters. The van der Waals surface area contributed by atoms with Crippen molar-refractivity contribution in [2.24, 2.45) is 0 Å². The highest BCUT2D eigenvalue weighted by Gasteiger charge is 2.41. The maximum atomic E-state index is 13.7. The van der Waals surface area contributed by atoms with Crippen LogP contribution in [-0.2, 0) is 39.2 Å². The number of carbonyl (C=O) groups is 1. The summed E-state index contributed by atoms with van der Waals surface area (Å²) in [4.78, 5) is 22.1. The van der Waals surface area contributed by atoms with Gasteiger partial charge >= 0.3 is 0 Å². The van der Waals surface area contributed by atoms with Crippen LogP contribution in [0.5, 0.6) is 5.75 Å². The van der Waals surface area contributed by atoms with Crippen LogP contribution in [0.2, 0.25) is 0 Å². The number of carbonyl (C=O) groups excluding carboxylic acids is 1. The summed E-state index contributed by atoms with van der Waals surface area (Å²) in [5.41, 5.74) is 5.97. The van der Waals surface area contributed by atoms with Gasteiger partial charge in [-0.25, -0.2) is 13.9 Å². The molecule has 0 saturated carbocycles. The summed E-state index contributed by atoms with van der Waals surface area (Å²) in [7, 11) is -2.48. The van der Waals surface area contributed by atoms with Gasteiger partial charge in [-0.05, 0) is 41.5 Å². The number of methoxy groups -OCH3 is 1. The molecule has 1 aliphatic rings. The van der Waals surface area contributed by atoms with E-state index in [1.54, 1.807) is 12.1 Å². The van der Waals surface area contributed by atoms with E-state index in [9.17, 15) is 13.2 Å². The molecule has 0 bridgehead atoms. The summed E-state index contributed by atoms with van der Waals surface area (Å²) in [6.07, 6.45) is 0.218. The maximum absolute atomic E-state index is 13.7. The number of hydrogen-bond acceptors (Lipinski definition) is 5. The van der Waals surface area contributed by atoms with Crippen molar-refractivity contribution in [1.82, 2.24) is 14.8 Å². The topological polar surface area (TPSA) is 101 Å². The Morgan fingerprint density at radius 2 is 1.74 bits per heavy atom. The molecule has 1 atom stereocenters. The smallest absolute Gasteiger partial charge is 0.262 e. The summed E-state index contributed by atoms with van der Waals surface area (Å²) in [6.45, 7) is 0.206. The largest absolute Gasteiger partial charge is 0.497 e.